The van der Waals surface area contributed by atoms with E-state index in [2.05, 4.69) is 0 Å². The number of halogens is 4. The van der Waals surface area contributed by atoms with Gasteiger partial charge in [0.25, 0.3) is 0 Å². The van der Waals surface area contributed by atoms with E-state index >= 15 is 0 Å². The lowest BCUT2D eigenvalue weighted by atomic mass is 10.0. The van der Waals surface area contributed by atoms with Crippen molar-refractivity contribution in [3.63, 3.8) is 0 Å². The molecule has 0 heterocycles. The third kappa shape index (κ3) is 5.74. The van der Waals surface area contributed by atoms with E-state index in [-0.39, 0.29) is 39.5 Å². The number of hydrogen-bond acceptors (Lipinski definition) is 3. The van der Waals surface area contributed by atoms with Crippen molar-refractivity contribution in [3.8, 4) is 6.07 Å². The molecule has 120 valence electrons. The first-order valence-electron chi connectivity index (χ1n) is 5.94. The molecule has 0 aliphatic rings. The zero-order chi connectivity index (χ0) is 17.3. The molecule has 4 nitrogen and oxygen atoms in total. The predicted octanol–water partition coefficient (Wildman–Crippen LogP) is 3.67. The van der Waals surface area contributed by atoms with Crippen molar-refractivity contribution in [3.05, 3.63) is 33.3 Å². The summed E-state index contributed by atoms with van der Waals surface area (Å²) in [6.07, 6.45) is -0.361. The summed E-state index contributed by atoms with van der Waals surface area (Å²) in [7, 11) is 0. The molecule has 1 N–H and O–H groups in total. The fourth-order valence-corrected chi connectivity index (χ4v) is 1.82. The summed E-state index contributed by atoms with van der Waals surface area (Å²) in [5.41, 5.74) is -0.210. The highest BCUT2D eigenvalue weighted by Gasteiger charge is 2.16. The molecule has 1 aromatic carbocycles. The van der Waals surface area contributed by atoms with Gasteiger partial charge in [-0.3, -0.25) is 9.59 Å². The lowest BCUT2D eigenvalue weighted by Crippen LogP contribution is -2.00. The molecule has 0 spiro atoms. The molecule has 0 bridgehead atoms. The van der Waals surface area contributed by atoms with Crippen molar-refractivity contribution in [2.24, 2.45) is 0 Å². The molecule has 0 unspecified atom stereocenters. The van der Waals surface area contributed by atoms with Gasteiger partial charge in [-0.25, -0.2) is 13.2 Å². The van der Waals surface area contributed by atoms with Gasteiger partial charge < -0.3 is 5.11 Å². The number of ketones is 1. The summed E-state index contributed by atoms with van der Waals surface area (Å²) < 4.78 is 37.5. The summed E-state index contributed by atoms with van der Waals surface area (Å²) in [5, 5.41) is 16.3. The number of carboxylic acids is 1. The Kier molecular flexibility index (Phi) is 8.87. The molecule has 22 heavy (non-hydrogen) atoms. The van der Waals surface area contributed by atoms with E-state index in [0.717, 1.165) is 6.07 Å². The van der Waals surface area contributed by atoms with Crippen LogP contribution in [0.15, 0.2) is 6.07 Å². The van der Waals surface area contributed by atoms with Gasteiger partial charge in [-0.1, -0.05) is 11.6 Å². The first-order valence-corrected chi connectivity index (χ1v) is 6.32. The highest BCUT2D eigenvalue weighted by atomic mass is 35.5. The zero-order valence-electron chi connectivity index (χ0n) is 11.6. The van der Waals surface area contributed by atoms with Crippen LogP contribution in [0.25, 0.3) is 0 Å². The van der Waals surface area contributed by atoms with Crippen LogP contribution in [0.5, 0.6) is 0 Å². The monoisotopic (exact) mass is 335 g/mol. The van der Waals surface area contributed by atoms with Crippen molar-refractivity contribution in [1.82, 2.24) is 0 Å². The molecule has 8 heteroatoms. The van der Waals surface area contributed by atoms with Gasteiger partial charge in [0.05, 0.1) is 16.7 Å². The maximum absolute atomic E-state index is 12.5. The van der Waals surface area contributed by atoms with Crippen LogP contribution in [0.3, 0.4) is 0 Å². The van der Waals surface area contributed by atoms with E-state index in [4.69, 9.17) is 22.0 Å². The Balaban J connectivity index is 0.000000534. The second-order valence-electron chi connectivity index (χ2n) is 4.14. The summed E-state index contributed by atoms with van der Waals surface area (Å²) in [4.78, 5) is 19.5. The SMILES string of the molecule is CC(=O)CC(=O)O.N#Cc1cc(CF)c(CF)c(Cl)c1CF. The molecule has 1 aromatic rings. The van der Waals surface area contributed by atoms with E-state index in [1.54, 1.807) is 6.07 Å². The number of aliphatic carboxylic acids is 1. The topological polar surface area (TPSA) is 78.2 Å². The van der Waals surface area contributed by atoms with Gasteiger partial charge in [0.2, 0.25) is 0 Å². The van der Waals surface area contributed by atoms with Crippen LogP contribution in [-0.4, -0.2) is 16.9 Å². The summed E-state index contributed by atoms with van der Waals surface area (Å²) in [6, 6.07) is 2.83. The summed E-state index contributed by atoms with van der Waals surface area (Å²) >= 11 is 5.68. The molecule has 0 aliphatic carbocycles. The van der Waals surface area contributed by atoms with Crippen LogP contribution in [0.2, 0.25) is 5.02 Å². The molecule has 0 radical (unpaired) electrons. The molecule has 0 saturated carbocycles. The average Bonchev–Trinajstić information content (AvgIpc) is 2.45. The number of hydrogen-bond donors (Lipinski definition) is 1. The maximum atomic E-state index is 12.5. The van der Waals surface area contributed by atoms with Crippen LogP contribution < -0.4 is 0 Å². The molecule has 0 saturated heterocycles. The van der Waals surface area contributed by atoms with Crippen LogP contribution in [0.1, 0.15) is 35.6 Å². The summed E-state index contributed by atoms with van der Waals surface area (Å²) in [5.74, 6) is -1.37. The Labute approximate surface area is 130 Å². The van der Waals surface area contributed by atoms with Crippen LogP contribution in [0, 0.1) is 11.3 Å². The minimum Gasteiger partial charge on any atom is -0.481 e. The third-order valence-corrected chi connectivity index (χ3v) is 2.95. The van der Waals surface area contributed by atoms with Gasteiger partial charge in [0, 0.05) is 11.1 Å². The van der Waals surface area contributed by atoms with E-state index < -0.39 is 26.0 Å². The number of carbonyl (C=O) groups excluding carboxylic acids is 1. The van der Waals surface area contributed by atoms with Gasteiger partial charge in [-0.15, -0.1) is 0 Å². The van der Waals surface area contributed by atoms with Crippen LogP contribution in [-0.2, 0) is 29.6 Å². The fraction of sp³-hybridized carbons (Fsp3) is 0.357. The molecular formula is C14H13ClF3NO3. The number of Topliss-reactive ketones (excluding diaryl/α,β-unsaturated/α-hetero) is 1. The van der Waals surface area contributed by atoms with Crippen LogP contribution in [0.4, 0.5) is 13.2 Å². The van der Waals surface area contributed by atoms with Gasteiger partial charge in [0.1, 0.15) is 32.2 Å². The molecule has 0 amide bonds. The Morgan fingerprint density at radius 3 is 2.05 bits per heavy atom. The largest absolute Gasteiger partial charge is 0.481 e. The second kappa shape index (κ2) is 9.79. The van der Waals surface area contributed by atoms with Crippen molar-refractivity contribution < 1.29 is 27.9 Å². The lowest BCUT2D eigenvalue weighted by Gasteiger charge is -2.10. The molecule has 0 atom stereocenters. The minimum absolute atomic E-state index is 0.00347. The molecule has 0 aliphatic heterocycles. The summed E-state index contributed by atoms with van der Waals surface area (Å²) in [6.45, 7) is -1.63. The van der Waals surface area contributed by atoms with E-state index in [0.29, 0.717) is 0 Å². The zero-order valence-corrected chi connectivity index (χ0v) is 12.4. The molecule has 0 fully saturated rings. The number of nitriles is 1. The number of carbonyl (C=O) groups is 2. The quantitative estimate of drug-likeness (QED) is 0.833. The van der Waals surface area contributed by atoms with E-state index in [1.807, 2.05) is 0 Å². The molecule has 0 aromatic heterocycles. The highest BCUT2D eigenvalue weighted by Crippen LogP contribution is 2.30. The number of carboxylic acid groups (broad SMARTS) is 1. The Morgan fingerprint density at radius 1 is 1.23 bits per heavy atom. The molecule has 1 rings (SSSR count). The average molecular weight is 336 g/mol. The van der Waals surface area contributed by atoms with Crippen molar-refractivity contribution >= 4 is 23.4 Å². The standard InChI is InChI=1S/C10H7ClF3N.C4H6O3/c11-10-8(3-13)6(2-12)1-7(5-15)9(10)4-14;1-3(5)2-4(6)7/h1H,2-4H2;2H2,1H3,(H,6,7). The Hall–Kier alpha value is -2.07. The van der Waals surface area contributed by atoms with Crippen molar-refractivity contribution in [2.75, 3.05) is 0 Å². The smallest absolute Gasteiger partial charge is 0.310 e. The first kappa shape index (κ1) is 19.9. The van der Waals surface area contributed by atoms with Crippen molar-refractivity contribution in [1.29, 1.82) is 5.26 Å². The van der Waals surface area contributed by atoms with Crippen molar-refractivity contribution in [2.45, 2.75) is 33.4 Å². The Bertz CT molecular complexity index is 588. The second-order valence-corrected chi connectivity index (χ2v) is 4.52. The van der Waals surface area contributed by atoms with Gasteiger partial charge in [0.15, 0.2) is 0 Å². The minimum atomic E-state index is -1.06. The highest BCUT2D eigenvalue weighted by molar-refractivity contribution is 6.32. The number of nitrogens with zero attached hydrogens (tertiary/aromatic N) is 1. The van der Waals surface area contributed by atoms with Gasteiger partial charge in [-0.2, -0.15) is 5.26 Å². The fourth-order valence-electron chi connectivity index (χ4n) is 1.50. The van der Waals surface area contributed by atoms with E-state index in [1.165, 1.54) is 6.92 Å². The third-order valence-electron chi connectivity index (χ3n) is 2.49. The maximum Gasteiger partial charge on any atom is 0.310 e. The van der Waals surface area contributed by atoms with Gasteiger partial charge in [-0.05, 0) is 18.6 Å². The number of rotatable bonds is 5. The number of alkyl halides is 3. The normalized spacial score (nSPS) is 9.45. The van der Waals surface area contributed by atoms with Gasteiger partial charge >= 0.3 is 5.97 Å². The molecular weight excluding hydrogens is 323 g/mol. The van der Waals surface area contributed by atoms with Crippen LogP contribution >= 0.6 is 11.6 Å². The predicted molar refractivity (Wildman–Crippen MR) is 73.5 cm³/mol. The Morgan fingerprint density at radius 2 is 1.77 bits per heavy atom. The lowest BCUT2D eigenvalue weighted by molar-refractivity contribution is -0.139. The number of benzene rings is 1. The van der Waals surface area contributed by atoms with E-state index in [9.17, 15) is 22.8 Å². The first-order chi connectivity index (χ1) is 10.3.